The SMILES string of the molecule is Cc1nc(N)ncc1-c1ccc(Cl)c(S(=O)(=O)NN(C(=N)N)c2ccccc2)c1. The van der Waals surface area contributed by atoms with E-state index in [0.29, 0.717) is 22.5 Å². The minimum Gasteiger partial charge on any atom is -0.369 e. The van der Waals surface area contributed by atoms with Crippen LogP contribution in [0.25, 0.3) is 11.1 Å². The van der Waals surface area contributed by atoms with Crippen LogP contribution in [0.2, 0.25) is 5.02 Å². The number of hydrogen-bond donors (Lipinski definition) is 4. The number of nitrogen functional groups attached to an aromatic ring is 1. The molecule has 0 saturated carbocycles. The molecule has 9 nitrogen and oxygen atoms in total. The van der Waals surface area contributed by atoms with Crippen molar-refractivity contribution >= 4 is 39.2 Å². The summed E-state index contributed by atoms with van der Waals surface area (Å²) in [7, 11) is -4.18. The number of benzene rings is 2. The molecule has 0 fully saturated rings. The Balaban J connectivity index is 2.03. The summed E-state index contributed by atoms with van der Waals surface area (Å²) in [5, 5.41) is 8.67. The first-order valence-corrected chi connectivity index (χ1v) is 10.2. The number of aryl methyl sites for hydroxylation is 1. The predicted octanol–water partition coefficient (Wildman–Crippen LogP) is 2.28. The number of nitrogens with zero attached hydrogens (tertiary/aromatic N) is 3. The lowest BCUT2D eigenvalue weighted by atomic mass is 10.1. The van der Waals surface area contributed by atoms with Crippen molar-refractivity contribution in [1.29, 1.82) is 5.41 Å². The van der Waals surface area contributed by atoms with E-state index >= 15 is 0 Å². The highest BCUT2D eigenvalue weighted by molar-refractivity contribution is 7.89. The van der Waals surface area contributed by atoms with Crippen LogP contribution in [0.3, 0.4) is 0 Å². The van der Waals surface area contributed by atoms with Gasteiger partial charge in [-0.05, 0) is 36.8 Å². The van der Waals surface area contributed by atoms with Gasteiger partial charge in [-0.1, -0.05) is 35.9 Å². The molecule has 2 aromatic carbocycles. The maximum absolute atomic E-state index is 13.0. The van der Waals surface area contributed by atoms with E-state index < -0.39 is 16.0 Å². The van der Waals surface area contributed by atoms with Gasteiger partial charge in [0.05, 0.1) is 16.4 Å². The molecule has 0 aliphatic carbocycles. The number of nitrogens with one attached hydrogen (secondary N) is 2. The van der Waals surface area contributed by atoms with Crippen molar-refractivity contribution in [3.8, 4) is 11.1 Å². The fraction of sp³-hybridized carbons (Fsp3) is 0.0556. The smallest absolute Gasteiger partial charge is 0.259 e. The van der Waals surface area contributed by atoms with Gasteiger partial charge in [0.15, 0.2) is 0 Å². The van der Waals surface area contributed by atoms with E-state index in [1.807, 2.05) is 0 Å². The Morgan fingerprint density at radius 1 is 1.21 bits per heavy atom. The van der Waals surface area contributed by atoms with Gasteiger partial charge in [-0.25, -0.2) is 23.4 Å². The third kappa shape index (κ3) is 4.45. The van der Waals surface area contributed by atoms with Crippen LogP contribution < -0.4 is 21.3 Å². The molecule has 150 valence electrons. The Bertz CT molecular complexity index is 1170. The number of nitrogens with two attached hydrogens (primary N) is 2. The molecule has 1 heterocycles. The van der Waals surface area contributed by atoms with Crippen molar-refractivity contribution in [3.05, 3.63) is 65.4 Å². The van der Waals surface area contributed by atoms with Gasteiger partial charge in [0.25, 0.3) is 10.0 Å². The van der Waals surface area contributed by atoms with Crippen LogP contribution >= 0.6 is 11.6 Å². The molecule has 0 bridgehead atoms. The molecule has 0 radical (unpaired) electrons. The number of sulfonamides is 1. The molecule has 6 N–H and O–H groups in total. The minimum absolute atomic E-state index is 0.00632. The Kier molecular flexibility index (Phi) is 5.69. The fourth-order valence-corrected chi connectivity index (χ4v) is 4.20. The van der Waals surface area contributed by atoms with E-state index in [4.69, 9.17) is 28.5 Å². The lowest BCUT2D eigenvalue weighted by Crippen LogP contribution is -2.49. The first-order chi connectivity index (χ1) is 13.7. The molecule has 3 rings (SSSR count). The van der Waals surface area contributed by atoms with Crippen molar-refractivity contribution in [1.82, 2.24) is 14.8 Å². The Morgan fingerprint density at radius 3 is 2.52 bits per heavy atom. The average molecular weight is 432 g/mol. The highest BCUT2D eigenvalue weighted by Gasteiger charge is 2.24. The van der Waals surface area contributed by atoms with Gasteiger partial charge in [0.2, 0.25) is 11.9 Å². The van der Waals surface area contributed by atoms with Gasteiger partial charge in [-0.3, -0.25) is 5.41 Å². The summed E-state index contributed by atoms with van der Waals surface area (Å²) in [5.74, 6) is -0.385. The molecule has 0 aliphatic heterocycles. The van der Waals surface area contributed by atoms with Gasteiger partial charge in [0, 0.05) is 11.8 Å². The molecular weight excluding hydrogens is 414 g/mol. The molecule has 1 aromatic heterocycles. The van der Waals surface area contributed by atoms with Crippen LogP contribution in [-0.2, 0) is 10.0 Å². The predicted molar refractivity (Wildman–Crippen MR) is 113 cm³/mol. The van der Waals surface area contributed by atoms with Crippen LogP contribution in [-0.4, -0.2) is 24.3 Å². The second-order valence-electron chi connectivity index (χ2n) is 6.02. The first kappa shape index (κ1) is 20.5. The summed E-state index contributed by atoms with van der Waals surface area (Å²) in [6.45, 7) is 1.74. The average Bonchev–Trinajstić information content (AvgIpc) is 2.67. The van der Waals surface area contributed by atoms with E-state index in [9.17, 15) is 8.42 Å². The van der Waals surface area contributed by atoms with E-state index in [1.165, 1.54) is 18.3 Å². The molecule has 0 unspecified atom stereocenters. The normalized spacial score (nSPS) is 11.2. The monoisotopic (exact) mass is 431 g/mol. The van der Waals surface area contributed by atoms with Crippen LogP contribution in [0.5, 0.6) is 0 Å². The zero-order chi connectivity index (χ0) is 21.2. The number of para-hydroxylation sites is 1. The summed E-state index contributed by atoms with van der Waals surface area (Å²) < 4.78 is 26.0. The molecule has 0 atom stereocenters. The standard InChI is InChI=1S/C18H18ClN7O2S/c1-11-14(10-23-18(22)24-11)12-7-8-15(19)16(9-12)29(27,28)25-26(17(20)21)13-5-3-2-4-6-13/h2-10,25H,1H3,(H3,20,21)(H2,22,23,24). The molecule has 0 aliphatic rings. The number of halogens is 1. The minimum atomic E-state index is -4.18. The molecular formula is C18H18ClN7O2S. The number of hydrazine groups is 1. The highest BCUT2D eigenvalue weighted by Crippen LogP contribution is 2.29. The Morgan fingerprint density at radius 2 is 1.90 bits per heavy atom. The molecule has 0 saturated heterocycles. The van der Waals surface area contributed by atoms with Crippen molar-refractivity contribution in [2.75, 3.05) is 10.7 Å². The van der Waals surface area contributed by atoms with Gasteiger partial charge in [0.1, 0.15) is 4.90 Å². The molecule has 0 amide bonds. The lowest BCUT2D eigenvalue weighted by Gasteiger charge is -2.23. The third-order valence-electron chi connectivity index (χ3n) is 4.00. The van der Waals surface area contributed by atoms with E-state index in [-0.39, 0.29) is 15.9 Å². The van der Waals surface area contributed by atoms with Crippen molar-refractivity contribution < 1.29 is 8.42 Å². The van der Waals surface area contributed by atoms with Gasteiger partial charge in [-0.2, -0.15) is 0 Å². The molecule has 0 spiro atoms. The maximum atomic E-state index is 13.0. The second kappa shape index (κ2) is 8.03. The van der Waals surface area contributed by atoms with Crippen molar-refractivity contribution in [2.24, 2.45) is 5.73 Å². The van der Waals surface area contributed by atoms with Gasteiger partial charge < -0.3 is 11.5 Å². The van der Waals surface area contributed by atoms with E-state index in [0.717, 1.165) is 5.01 Å². The Hall–Kier alpha value is -3.21. The number of aromatic nitrogens is 2. The third-order valence-corrected chi connectivity index (χ3v) is 5.78. The maximum Gasteiger partial charge on any atom is 0.259 e. The summed E-state index contributed by atoms with van der Waals surface area (Å²) in [5.41, 5.74) is 13.3. The lowest BCUT2D eigenvalue weighted by molar-refractivity contribution is 0.583. The molecule has 3 aromatic rings. The number of rotatable bonds is 5. The van der Waals surface area contributed by atoms with Crippen LogP contribution in [0.15, 0.2) is 59.6 Å². The number of guanidine groups is 1. The topological polar surface area (TPSA) is 151 Å². The van der Waals surface area contributed by atoms with E-state index in [1.54, 1.807) is 43.3 Å². The summed E-state index contributed by atoms with van der Waals surface area (Å²) >= 11 is 6.17. The number of hydrogen-bond acceptors (Lipinski definition) is 6. The van der Waals surface area contributed by atoms with Crippen LogP contribution in [0.1, 0.15) is 5.69 Å². The summed E-state index contributed by atoms with van der Waals surface area (Å²) in [4.78, 5) is 10.2. The van der Waals surface area contributed by atoms with Crippen molar-refractivity contribution in [2.45, 2.75) is 11.8 Å². The number of anilines is 2. The highest BCUT2D eigenvalue weighted by atomic mass is 35.5. The summed E-state index contributed by atoms with van der Waals surface area (Å²) in [6.07, 6.45) is 1.51. The zero-order valence-electron chi connectivity index (χ0n) is 15.3. The largest absolute Gasteiger partial charge is 0.369 e. The summed E-state index contributed by atoms with van der Waals surface area (Å²) in [6, 6.07) is 12.9. The van der Waals surface area contributed by atoms with Crippen molar-refractivity contribution in [3.63, 3.8) is 0 Å². The first-order valence-electron chi connectivity index (χ1n) is 8.30. The zero-order valence-corrected chi connectivity index (χ0v) is 16.9. The van der Waals surface area contributed by atoms with Gasteiger partial charge in [-0.15, -0.1) is 4.83 Å². The van der Waals surface area contributed by atoms with Gasteiger partial charge >= 0.3 is 0 Å². The Labute approximate surface area is 172 Å². The molecule has 29 heavy (non-hydrogen) atoms. The fourth-order valence-electron chi connectivity index (χ4n) is 2.63. The molecule has 11 heteroatoms. The second-order valence-corrected chi connectivity index (χ2v) is 8.06. The quantitative estimate of drug-likeness (QED) is 0.274. The van der Waals surface area contributed by atoms with Crippen LogP contribution in [0, 0.1) is 12.3 Å². The van der Waals surface area contributed by atoms with Crippen LogP contribution in [0.4, 0.5) is 11.6 Å². The van der Waals surface area contributed by atoms with E-state index in [2.05, 4.69) is 14.8 Å².